The van der Waals surface area contributed by atoms with Gasteiger partial charge in [-0.3, -0.25) is 0 Å². The van der Waals surface area contributed by atoms with E-state index in [0.717, 1.165) is 72.4 Å². The lowest BCUT2D eigenvalue weighted by atomic mass is 9.90. The summed E-state index contributed by atoms with van der Waals surface area (Å²) in [6.07, 6.45) is 0. The highest BCUT2D eigenvalue weighted by molar-refractivity contribution is 6.12. The zero-order chi connectivity index (χ0) is 48.2. The Morgan fingerprint density at radius 2 is 0.781 bits per heavy atom. The van der Waals surface area contributed by atoms with E-state index in [2.05, 4.69) is 282 Å². The molecule has 0 amide bonds. The van der Waals surface area contributed by atoms with Gasteiger partial charge in [0.1, 0.15) is 11.2 Å². The number of furan rings is 1. The quantitative estimate of drug-likeness (QED) is 0.144. The summed E-state index contributed by atoms with van der Waals surface area (Å²) in [5.74, 6) is 0. The van der Waals surface area contributed by atoms with E-state index in [9.17, 15) is 0 Å². The smallest absolute Gasteiger partial charge is 0.135 e. The van der Waals surface area contributed by atoms with Crippen molar-refractivity contribution in [2.24, 2.45) is 0 Å². The van der Waals surface area contributed by atoms with Crippen LogP contribution in [0.5, 0.6) is 0 Å². The molecule has 0 unspecified atom stereocenters. The Bertz CT molecular complexity index is 4270. The van der Waals surface area contributed by atoms with Crippen LogP contribution >= 0.6 is 0 Å². The van der Waals surface area contributed by atoms with Crippen molar-refractivity contribution in [2.75, 3.05) is 4.90 Å². The number of aromatic nitrogens is 1. The highest BCUT2D eigenvalue weighted by Crippen LogP contribution is 2.44. The molecule has 14 rings (SSSR count). The fraction of sp³-hybridized carbons (Fsp3) is 0. The topological polar surface area (TPSA) is 21.3 Å². The first-order chi connectivity index (χ1) is 36.2. The van der Waals surface area contributed by atoms with Crippen LogP contribution in [0.25, 0.3) is 116 Å². The monoisotopic (exact) mass is 930 g/mol. The molecule has 0 aliphatic carbocycles. The van der Waals surface area contributed by atoms with E-state index in [-0.39, 0.29) is 0 Å². The van der Waals surface area contributed by atoms with Gasteiger partial charge in [0.25, 0.3) is 0 Å². The van der Waals surface area contributed by atoms with Crippen LogP contribution in [0, 0.1) is 0 Å². The van der Waals surface area contributed by atoms with Crippen molar-refractivity contribution < 1.29 is 4.42 Å². The Balaban J connectivity index is 0.937. The van der Waals surface area contributed by atoms with Crippen LogP contribution in [0.2, 0.25) is 0 Å². The van der Waals surface area contributed by atoms with E-state index in [1.807, 2.05) is 6.07 Å². The van der Waals surface area contributed by atoms with E-state index in [0.29, 0.717) is 0 Å². The van der Waals surface area contributed by atoms with Crippen LogP contribution in [0.4, 0.5) is 17.1 Å². The number of rotatable bonds is 9. The van der Waals surface area contributed by atoms with Crippen molar-refractivity contribution >= 4 is 71.6 Å². The molecular formula is C70H46N2O. The maximum atomic E-state index is 6.37. The van der Waals surface area contributed by atoms with Gasteiger partial charge >= 0.3 is 0 Å². The molecule has 0 fully saturated rings. The highest BCUT2D eigenvalue weighted by Gasteiger charge is 2.20. The lowest BCUT2D eigenvalue weighted by molar-refractivity contribution is 0.669. The summed E-state index contributed by atoms with van der Waals surface area (Å²) >= 11 is 0. The molecule has 3 nitrogen and oxygen atoms in total. The predicted octanol–water partition coefficient (Wildman–Crippen LogP) is 19.6. The van der Waals surface area contributed by atoms with E-state index in [1.54, 1.807) is 0 Å². The minimum atomic E-state index is 0.878. The van der Waals surface area contributed by atoms with Crippen molar-refractivity contribution in [1.82, 2.24) is 4.57 Å². The molecule has 0 aliphatic heterocycles. The van der Waals surface area contributed by atoms with Gasteiger partial charge in [-0.2, -0.15) is 0 Å². The zero-order valence-electron chi connectivity index (χ0n) is 39.9. The summed E-state index contributed by atoms with van der Waals surface area (Å²) in [5.41, 5.74) is 20.1. The zero-order valence-corrected chi connectivity index (χ0v) is 39.9. The van der Waals surface area contributed by atoms with E-state index in [1.165, 1.54) is 60.5 Å². The molecule has 14 aromatic rings. The summed E-state index contributed by atoms with van der Waals surface area (Å²) in [6, 6.07) is 101. The van der Waals surface area contributed by atoms with E-state index < -0.39 is 0 Å². The van der Waals surface area contributed by atoms with E-state index >= 15 is 0 Å². The van der Waals surface area contributed by atoms with Crippen LogP contribution < -0.4 is 4.90 Å². The van der Waals surface area contributed by atoms with E-state index in [4.69, 9.17) is 4.42 Å². The summed E-state index contributed by atoms with van der Waals surface area (Å²) in [4.78, 5) is 2.37. The summed E-state index contributed by atoms with van der Waals surface area (Å²) in [7, 11) is 0. The molecule has 0 aliphatic rings. The van der Waals surface area contributed by atoms with Crippen molar-refractivity contribution in [3.8, 4) is 61.3 Å². The number of para-hydroxylation sites is 2. The van der Waals surface area contributed by atoms with Crippen LogP contribution in [0.3, 0.4) is 0 Å². The average molecular weight is 931 g/mol. The van der Waals surface area contributed by atoms with Gasteiger partial charge in [-0.15, -0.1) is 0 Å². The number of fused-ring (bicyclic) bond motifs is 7. The third-order valence-corrected chi connectivity index (χ3v) is 14.6. The molecule has 2 aromatic heterocycles. The normalized spacial score (nSPS) is 11.6. The molecule has 0 bridgehead atoms. The standard InChI is InChI=1S/C70H46N2O/c1-3-15-47(16-4-1)49-29-36-56(37-30-49)71(57-38-31-50(32-39-57)48-17-5-2-6-18-48)58-22-13-21-54(43-58)59-40-33-52(44-64(59)55-35-42-70-65(45-55)63-25-10-12-28-69(63)73-70)53-34-41-62-61-24-9-11-26-67(61)72(68(62)46-53)66-27-14-20-51-19-7-8-23-60(51)66/h1-46H. The molecule has 0 atom stereocenters. The summed E-state index contributed by atoms with van der Waals surface area (Å²) < 4.78 is 8.82. The molecule has 0 radical (unpaired) electrons. The number of benzene rings is 12. The minimum Gasteiger partial charge on any atom is -0.456 e. The third-order valence-electron chi connectivity index (χ3n) is 14.6. The Morgan fingerprint density at radius 3 is 1.53 bits per heavy atom. The maximum Gasteiger partial charge on any atom is 0.135 e. The number of hydrogen-bond acceptors (Lipinski definition) is 2. The first-order valence-electron chi connectivity index (χ1n) is 25.0. The van der Waals surface area contributed by atoms with Gasteiger partial charge in [-0.05, 0) is 140 Å². The highest BCUT2D eigenvalue weighted by atomic mass is 16.3. The second-order valence-corrected chi connectivity index (χ2v) is 18.9. The SMILES string of the molecule is c1ccc(-c2ccc(N(c3ccc(-c4ccccc4)cc3)c3cccc(-c4ccc(-c5ccc6c7ccccc7n(-c7cccc8ccccc78)c6c5)cc4-c4ccc5oc6ccccc6c5c4)c3)cc2)cc1. The average Bonchev–Trinajstić information content (AvgIpc) is 4.01. The molecule has 0 spiro atoms. The van der Waals surface area contributed by atoms with Crippen molar-refractivity contribution in [3.05, 3.63) is 279 Å². The van der Waals surface area contributed by atoms with Gasteiger partial charge in [-0.1, -0.05) is 200 Å². The molecule has 342 valence electrons. The van der Waals surface area contributed by atoms with Gasteiger partial charge in [0, 0.05) is 44.0 Å². The molecule has 3 heteroatoms. The van der Waals surface area contributed by atoms with Gasteiger partial charge in [-0.25, -0.2) is 0 Å². The Hall–Kier alpha value is -9.70. The number of hydrogen-bond donors (Lipinski definition) is 0. The van der Waals surface area contributed by atoms with Crippen LogP contribution in [-0.2, 0) is 0 Å². The Kier molecular flexibility index (Phi) is 10.2. The lowest BCUT2D eigenvalue weighted by Crippen LogP contribution is -2.10. The van der Waals surface area contributed by atoms with Crippen LogP contribution in [-0.4, -0.2) is 4.57 Å². The maximum absolute atomic E-state index is 6.37. The first kappa shape index (κ1) is 42.2. The molecular weight excluding hydrogens is 885 g/mol. The summed E-state index contributed by atoms with van der Waals surface area (Å²) in [6.45, 7) is 0. The Labute approximate surface area is 423 Å². The van der Waals surface area contributed by atoms with Crippen molar-refractivity contribution in [2.45, 2.75) is 0 Å². The fourth-order valence-corrected chi connectivity index (χ4v) is 11.0. The molecule has 2 heterocycles. The van der Waals surface area contributed by atoms with Crippen molar-refractivity contribution in [1.29, 1.82) is 0 Å². The van der Waals surface area contributed by atoms with Gasteiger partial charge in [0.05, 0.1) is 16.7 Å². The largest absolute Gasteiger partial charge is 0.456 e. The van der Waals surface area contributed by atoms with Crippen molar-refractivity contribution in [3.63, 3.8) is 0 Å². The molecule has 73 heavy (non-hydrogen) atoms. The van der Waals surface area contributed by atoms with Gasteiger partial charge < -0.3 is 13.9 Å². The van der Waals surface area contributed by atoms with Gasteiger partial charge in [0.2, 0.25) is 0 Å². The second kappa shape index (κ2) is 17.6. The predicted molar refractivity (Wildman–Crippen MR) is 307 cm³/mol. The second-order valence-electron chi connectivity index (χ2n) is 18.9. The fourth-order valence-electron chi connectivity index (χ4n) is 11.0. The molecule has 12 aromatic carbocycles. The van der Waals surface area contributed by atoms with Crippen LogP contribution in [0.15, 0.2) is 283 Å². The third kappa shape index (κ3) is 7.46. The first-order valence-corrected chi connectivity index (χ1v) is 25.0. The van der Waals surface area contributed by atoms with Gasteiger partial charge in [0.15, 0.2) is 0 Å². The molecule has 0 N–H and O–H groups in total. The lowest BCUT2D eigenvalue weighted by Gasteiger charge is -2.27. The summed E-state index contributed by atoms with van der Waals surface area (Å²) in [5, 5.41) is 7.12. The number of nitrogens with zero attached hydrogens (tertiary/aromatic N) is 2. The van der Waals surface area contributed by atoms with Crippen LogP contribution in [0.1, 0.15) is 0 Å². The minimum absolute atomic E-state index is 0.878. The molecule has 0 saturated carbocycles. The molecule has 0 saturated heterocycles. The Morgan fingerprint density at radius 1 is 0.260 bits per heavy atom. The number of anilines is 3.